The van der Waals surface area contributed by atoms with Crippen LogP contribution in [-0.4, -0.2) is 36.5 Å². The standard InChI is InChI=1S/C17H27N3O/c1-13-8-17(9-13,12-18)16(21)19-15-6-7-20(11-15)10-14-4-2-3-5-14/h13-15H,2-11H2,1H3,(H,19,21)/t13?,15-,17?/m1/s1. The molecule has 0 radical (unpaired) electrons. The van der Waals surface area contributed by atoms with E-state index in [2.05, 4.69) is 23.2 Å². The van der Waals surface area contributed by atoms with Gasteiger partial charge in [0, 0.05) is 25.7 Å². The molecular weight excluding hydrogens is 262 g/mol. The van der Waals surface area contributed by atoms with Crippen LogP contribution in [0.15, 0.2) is 0 Å². The maximum absolute atomic E-state index is 12.4. The maximum atomic E-state index is 12.4. The second-order valence-corrected chi connectivity index (χ2v) is 7.58. The van der Waals surface area contributed by atoms with Gasteiger partial charge in [-0.3, -0.25) is 4.79 Å². The Hall–Kier alpha value is -1.08. The highest BCUT2D eigenvalue weighted by Gasteiger charge is 2.49. The lowest BCUT2D eigenvalue weighted by atomic mass is 9.63. The van der Waals surface area contributed by atoms with E-state index < -0.39 is 5.41 Å². The Morgan fingerprint density at radius 1 is 1.33 bits per heavy atom. The number of hydrogen-bond donors (Lipinski definition) is 1. The predicted octanol–water partition coefficient (Wildman–Crippen LogP) is 2.31. The number of nitriles is 1. The van der Waals surface area contributed by atoms with Crippen LogP contribution in [0.1, 0.15) is 51.9 Å². The molecule has 1 atom stereocenters. The van der Waals surface area contributed by atoms with Crippen LogP contribution >= 0.6 is 0 Å². The van der Waals surface area contributed by atoms with E-state index in [9.17, 15) is 10.1 Å². The molecule has 1 amide bonds. The third-order valence-electron chi connectivity index (χ3n) is 5.64. The smallest absolute Gasteiger partial charge is 0.240 e. The van der Waals surface area contributed by atoms with E-state index >= 15 is 0 Å². The zero-order chi connectivity index (χ0) is 14.9. The van der Waals surface area contributed by atoms with Crippen molar-refractivity contribution < 1.29 is 4.79 Å². The third kappa shape index (κ3) is 3.08. The summed E-state index contributed by atoms with van der Waals surface area (Å²) in [5.41, 5.74) is -0.724. The number of rotatable bonds is 4. The van der Waals surface area contributed by atoms with Gasteiger partial charge in [-0.05, 0) is 43.9 Å². The normalized spacial score (nSPS) is 37.1. The van der Waals surface area contributed by atoms with Crippen molar-refractivity contribution in [1.29, 1.82) is 5.26 Å². The highest BCUT2D eigenvalue weighted by Crippen LogP contribution is 2.45. The molecule has 0 aromatic heterocycles. The zero-order valence-electron chi connectivity index (χ0n) is 13.1. The highest BCUT2D eigenvalue weighted by atomic mass is 16.2. The quantitative estimate of drug-likeness (QED) is 0.864. The molecule has 21 heavy (non-hydrogen) atoms. The Morgan fingerprint density at radius 3 is 2.67 bits per heavy atom. The Bertz CT molecular complexity index is 430. The Balaban J connectivity index is 1.46. The van der Waals surface area contributed by atoms with Crippen molar-refractivity contribution >= 4 is 5.91 Å². The highest BCUT2D eigenvalue weighted by molar-refractivity contribution is 5.86. The van der Waals surface area contributed by atoms with Gasteiger partial charge in [-0.15, -0.1) is 0 Å². The van der Waals surface area contributed by atoms with Crippen molar-refractivity contribution in [2.24, 2.45) is 17.3 Å². The lowest BCUT2D eigenvalue weighted by molar-refractivity contribution is -0.134. The summed E-state index contributed by atoms with van der Waals surface area (Å²) in [5.74, 6) is 1.37. The van der Waals surface area contributed by atoms with Crippen LogP contribution in [0.3, 0.4) is 0 Å². The first-order valence-corrected chi connectivity index (χ1v) is 8.56. The topological polar surface area (TPSA) is 56.1 Å². The number of hydrogen-bond acceptors (Lipinski definition) is 3. The molecule has 1 heterocycles. The number of nitrogens with one attached hydrogen (secondary N) is 1. The van der Waals surface area contributed by atoms with Gasteiger partial charge in [0.25, 0.3) is 0 Å². The van der Waals surface area contributed by atoms with E-state index in [0.717, 1.165) is 38.3 Å². The van der Waals surface area contributed by atoms with E-state index in [1.807, 2.05) is 0 Å². The zero-order valence-corrected chi connectivity index (χ0v) is 13.1. The van der Waals surface area contributed by atoms with Crippen LogP contribution in [-0.2, 0) is 4.79 Å². The molecule has 0 spiro atoms. The lowest BCUT2D eigenvalue weighted by Crippen LogP contribution is -2.51. The summed E-state index contributed by atoms with van der Waals surface area (Å²) in [7, 11) is 0. The Morgan fingerprint density at radius 2 is 2.05 bits per heavy atom. The van der Waals surface area contributed by atoms with E-state index in [0.29, 0.717) is 5.92 Å². The molecule has 0 bridgehead atoms. The largest absolute Gasteiger partial charge is 0.351 e. The molecule has 2 aliphatic carbocycles. The van der Waals surface area contributed by atoms with Gasteiger partial charge in [0.2, 0.25) is 5.91 Å². The molecule has 0 aromatic carbocycles. The van der Waals surface area contributed by atoms with Crippen LogP contribution in [0, 0.1) is 28.6 Å². The van der Waals surface area contributed by atoms with E-state index in [4.69, 9.17) is 0 Å². The van der Waals surface area contributed by atoms with Crippen molar-refractivity contribution in [3.63, 3.8) is 0 Å². The molecule has 2 saturated carbocycles. The Kier molecular flexibility index (Phi) is 4.21. The summed E-state index contributed by atoms with van der Waals surface area (Å²) in [6.07, 6.45) is 8.03. The predicted molar refractivity (Wildman–Crippen MR) is 81.4 cm³/mol. The van der Waals surface area contributed by atoms with Gasteiger partial charge in [0.15, 0.2) is 0 Å². The molecule has 1 saturated heterocycles. The summed E-state index contributed by atoms with van der Waals surface area (Å²) < 4.78 is 0. The van der Waals surface area contributed by atoms with Crippen molar-refractivity contribution in [3.05, 3.63) is 0 Å². The number of likely N-dealkylation sites (tertiary alicyclic amines) is 1. The van der Waals surface area contributed by atoms with Gasteiger partial charge in [-0.2, -0.15) is 5.26 Å². The second kappa shape index (κ2) is 5.96. The van der Waals surface area contributed by atoms with E-state index in [-0.39, 0.29) is 11.9 Å². The SMILES string of the molecule is CC1CC(C#N)(C(=O)N[C@@H]2CCN(CC3CCCC3)C2)C1. The number of amides is 1. The van der Waals surface area contributed by atoms with E-state index in [1.54, 1.807) is 0 Å². The second-order valence-electron chi connectivity index (χ2n) is 7.58. The number of nitrogens with zero attached hydrogens (tertiary/aromatic N) is 2. The minimum absolute atomic E-state index is 0.0178. The number of carbonyl (C=O) groups is 1. The van der Waals surface area contributed by atoms with Crippen LogP contribution in [0.25, 0.3) is 0 Å². The average Bonchev–Trinajstić information content (AvgIpc) is 3.07. The van der Waals surface area contributed by atoms with E-state index in [1.165, 1.54) is 32.2 Å². The Labute approximate surface area is 127 Å². The molecule has 4 nitrogen and oxygen atoms in total. The summed E-state index contributed by atoms with van der Waals surface area (Å²) in [4.78, 5) is 14.9. The minimum Gasteiger partial charge on any atom is -0.351 e. The van der Waals surface area contributed by atoms with Crippen molar-refractivity contribution in [2.75, 3.05) is 19.6 Å². The first-order valence-electron chi connectivity index (χ1n) is 8.56. The van der Waals surface area contributed by atoms with Gasteiger partial charge in [0.1, 0.15) is 5.41 Å². The molecule has 3 fully saturated rings. The van der Waals surface area contributed by atoms with Crippen molar-refractivity contribution in [1.82, 2.24) is 10.2 Å². The van der Waals surface area contributed by atoms with Gasteiger partial charge in [-0.1, -0.05) is 19.8 Å². The third-order valence-corrected chi connectivity index (χ3v) is 5.64. The van der Waals surface area contributed by atoms with Gasteiger partial charge >= 0.3 is 0 Å². The fourth-order valence-corrected chi connectivity index (χ4v) is 4.46. The van der Waals surface area contributed by atoms with Crippen molar-refractivity contribution in [2.45, 2.75) is 57.9 Å². The average molecular weight is 289 g/mol. The number of carbonyl (C=O) groups excluding carboxylic acids is 1. The van der Waals surface area contributed by atoms with Gasteiger partial charge < -0.3 is 10.2 Å². The molecule has 1 N–H and O–H groups in total. The maximum Gasteiger partial charge on any atom is 0.240 e. The molecule has 3 aliphatic rings. The van der Waals surface area contributed by atoms with Gasteiger partial charge in [0.05, 0.1) is 6.07 Å². The molecule has 116 valence electrons. The monoisotopic (exact) mass is 289 g/mol. The first-order chi connectivity index (χ1) is 10.1. The summed E-state index contributed by atoms with van der Waals surface area (Å²) in [6.45, 7) is 5.38. The minimum atomic E-state index is -0.724. The molecule has 0 aromatic rings. The molecule has 0 unspecified atom stereocenters. The lowest BCUT2D eigenvalue weighted by Gasteiger charge is -2.39. The van der Waals surface area contributed by atoms with Crippen LogP contribution < -0.4 is 5.32 Å². The fraction of sp³-hybridized carbons (Fsp3) is 0.882. The van der Waals surface area contributed by atoms with Crippen molar-refractivity contribution in [3.8, 4) is 6.07 Å². The van der Waals surface area contributed by atoms with Crippen LogP contribution in [0.5, 0.6) is 0 Å². The van der Waals surface area contributed by atoms with Crippen LogP contribution in [0.4, 0.5) is 0 Å². The summed E-state index contributed by atoms with van der Waals surface area (Å²) in [6, 6.07) is 2.51. The fourth-order valence-electron chi connectivity index (χ4n) is 4.46. The first kappa shape index (κ1) is 14.8. The summed E-state index contributed by atoms with van der Waals surface area (Å²) >= 11 is 0. The molecule has 3 rings (SSSR count). The molecule has 1 aliphatic heterocycles. The van der Waals surface area contributed by atoms with Crippen LogP contribution in [0.2, 0.25) is 0 Å². The van der Waals surface area contributed by atoms with Gasteiger partial charge in [-0.25, -0.2) is 0 Å². The molecular formula is C17H27N3O. The molecule has 4 heteroatoms. The summed E-state index contributed by atoms with van der Waals surface area (Å²) in [5, 5.41) is 12.5.